The van der Waals surface area contributed by atoms with Crippen LogP contribution in [0, 0.1) is 0 Å². The normalized spacial score (nSPS) is 11.1. The standard InChI is InChI=1S/C29H26N6O5S/c1-39-22-14-21(15-23(17-22)40-2)32-28-29(34-26-11-4-3-10-25(26)33-28)35-41(37,38)24-9-5-8-20(16-24)31-27(36)13-19-7-6-12-30-18-19/h3-12,14-18H,13H2,1-2H3,(H,31,36)(H,32,33)(H,34,35). The van der Waals surface area contributed by atoms with Crippen molar-refractivity contribution in [2.24, 2.45) is 0 Å². The zero-order chi connectivity index (χ0) is 28.8. The minimum Gasteiger partial charge on any atom is -0.497 e. The van der Waals surface area contributed by atoms with Crippen molar-refractivity contribution in [2.75, 3.05) is 29.6 Å². The van der Waals surface area contributed by atoms with Crippen LogP contribution in [0.3, 0.4) is 0 Å². The fourth-order valence-electron chi connectivity index (χ4n) is 4.00. The molecule has 0 unspecified atom stereocenters. The van der Waals surface area contributed by atoms with Crippen LogP contribution in [0.5, 0.6) is 11.5 Å². The molecule has 5 aromatic rings. The first-order valence-electron chi connectivity index (χ1n) is 12.4. The molecule has 2 aromatic heterocycles. The van der Waals surface area contributed by atoms with Crippen LogP contribution in [0.2, 0.25) is 0 Å². The highest BCUT2D eigenvalue weighted by atomic mass is 32.2. The molecule has 3 N–H and O–H groups in total. The van der Waals surface area contributed by atoms with Gasteiger partial charge < -0.3 is 20.1 Å². The van der Waals surface area contributed by atoms with E-state index in [1.807, 2.05) is 6.07 Å². The Bertz CT molecular complexity index is 1790. The van der Waals surface area contributed by atoms with Crippen molar-refractivity contribution in [3.05, 3.63) is 96.8 Å². The van der Waals surface area contributed by atoms with Crippen molar-refractivity contribution in [1.29, 1.82) is 0 Å². The van der Waals surface area contributed by atoms with Gasteiger partial charge in [-0.05, 0) is 42.0 Å². The minimum atomic E-state index is -4.14. The number of fused-ring (bicyclic) bond motifs is 1. The number of amides is 1. The molecule has 3 aromatic carbocycles. The molecule has 2 heterocycles. The number of hydrogen-bond acceptors (Lipinski definition) is 9. The van der Waals surface area contributed by atoms with Gasteiger partial charge in [0.15, 0.2) is 11.6 Å². The second-order valence-corrected chi connectivity index (χ2v) is 10.5. The van der Waals surface area contributed by atoms with E-state index < -0.39 is 10.0 Å². The number of sulfonamides is 1. The van der Waals surface area contributed by atoms with Crippen LogP contribution in [0.15, 0.2) is 96.2 Å². The second kappa shape index (κ2) is 11.9. The van der Waals surface area contributed by atoms with Gasteiger partial charge in [-0.25, -0.2) is 18.4 Å². The Morgan fingerprint density at radius 3 is 2.17 bits per heavy atom. The number of anilines is 4. The highest BCUT2D eigenvalue weighted by Crippen LogP contribution is 2.31. The molecule has 0 saturated carbocycles. The van der Waals surface area contributed by atoms with Gasteiger partial charge in [-0.1, -0.05) is 24.3 Å². The number of para-hydroxylation sites is 2. The number of nitrogens with zero attached hydrogens (tertiary/aromatic N) is 3. The molecule has 0 saturated heterocycles. The summed E-state index contributed by atoms with van der Waals surface area (Å²) in [6, 6.07) is 21.7. The molecule has 0 aliphatic rings. The SMILES string of the molecule is COc1cc(Nc2nc3ccccc3nc2NS(=O)(=O)c2cccc(NC(=O)Cc3cccnc3)c2)cc(OC)c1. The third kappa shape index (κ3) is 6.68. The molecule has 0 atom stereocenters. The zero-order valence-corrected chi connectivity index (χ0v) is 23.0. The Hall–Kier alpha value is -5.23. The van der Waals surface area contributed by atoms with Crippen LogP contribution < -0.4 is 24.8 Å². The van der Waals surface area contributed by atoms with E-state index in [0.29, 0.717) is 33.9 Å². The van der Waals surface area contributed by atoms with Crippen LogP contribution in [-0.4, -0.2) is 43.5 Å². The van der Waals surface area contributed by atoms with Crippen LogP contribution in [0.25, 0.3) is 11.0 Å². The number of aromatic nitrogens is 3. The number of pyridine rings is 1. The van der Waals surface area contributed by atoms with Crippen LogP contribution in [0.4, 0.5) is 23.0 Å². The van der Waals surface area contributed by atoms with Crippen molar-refractivity contribution < 1.29 is 22.7 Å². The van der Waals surface area contributed by atoms with Gasteiger partial charge in [0.05, 0.1) is 36.6 Å². The molecule has 11 nitrogen and oxygen atoms in total. The second-order valence-electron chi connectivity index (χ2n) is 8.86. The third-order valence-corrected chi connectivity index (χ3v) is 7.27. The predicted molar refractivity (Wildman–Crippen MR) is 156 cm³/mol. The zero-order valence-electron chi connectivity index (χ0n) is 22.2. The lowest BCUT2D eigenvalue weighted by Gasteiger charge is -2.15. The molecule has 0 aliphatic carbocycles. The van der Waals surface area contributed by atoms with E-state index in [9.17, 15) is 13.2 Å². The number of rotatable bonds is 10. The lowest BCUT2D eigenvalue weighted by atomic mass is 10.2. The summed E-state index contributed by atoms with van der Waals surface area (Å²) in [7, 11) is -1.08. The lowest BCUT2D eigenvalue weighted by Crippen LogP contribution is -2.17. The molecule has 0 aliphatic heterocycles. The summed E-state index contributed by atoms with van der Waals surface area (Å²) in [5, 5.41) is 5.86. The van der Waals surface area contributed by atoms with Gasteiger partial charge in [0, 0.05) is 42.0 Å². The molecule has 41 heavy (non-hydrogen) atoms. The van der Waals surface area contributed by atoms with E-state index in [1.165, 1.54) is 26.4 Å². The number of hydrogen-bond donors (Lipinski definition) is 3. The molecule has 0 bridgehead atoms. The highest BCUT2D eigenvalue weighted by Gasteiger charge is 2.20. The Kier molecular flexibility index (Phi) is 7.92. The van der Waals surface area contributed by atoms with E-state index in [2.05, 4.69) is 30.3 Å². The van der Waals surface area contributed by atoms with Crippen molar-refractivity contribution in [3.8, 4) is 11.5 Å². The summed E-state index contributed by atoms with van der Waals surface area (Å²) in [4.78, 5) is 25.6. The monoisotopic (exact) mass is 570 g/mol. The molecule has 208 valence electrons. The summed E-state index contributed by atoms with van der Waals surface area (Å²) < 4.78 is 40.2. The Morgan fingerprint density at radius 2 is 1.51 bits per heavy atom. The molecule has 0 fully saturated rings. The summed E-state index contributed by atoms with van der Waals surface area (Å²) >= 11 is 0. The van der Waals surface area contributed by atoms with E-state index in [1.54, 1.807) is 73.1 Å². The maximum Gasteiger partial charge on any atom is 0.263 e. The first kappa shape index (κ1) is 27.3. The maximum atomic E-state index is 13.5. The van der Waals surface area contributed by atoms with E-state index in [4.69, 9.17) is 9.47 Å². The van der Waals surface area contributed by atoms with Gasteiger partial charge in [0.25, 0.3) is 10.0 Å². The number of carbonyl (C=O) groups excluding carboxylic acids is 1. The fourth-order valence-corrected chi connectivity index (χ4v) is 5.05. The largest absolute Gasteiger partial charge is 0.497 e. The van der Waals surface area contributed by atoms with Crippen molar-refractivity contribution in [2.45, 2.75) is 11.3 Å². The van der Waals surface area contributed by atoms with Gasteiger partial charge >= 0.3 is 0 Å². The number of ether oxygens (including phenoxy) is 2. The van der Waals surface area contributed by atoms with Crippen molar-refractivity contribution in [1.82, 2.24) is 15.0 Å². The van der Waals surface area contributed by atoms with E-state index in [-0.39, 0.29) is 28.9 Å². The topological polar surface area (TPSA) is 144 Å². The molecular formula is C29H26N6O5S. The van der Waals surface area contributed by atoms with Crippen molar-refractivity contribution in [3.63, 3.8) is 0 Å². The van der Waals surface area contributed by atoms with Gasteiger partial charge in [-0.15, -0.1) is 0 Å². The fraction of sp³-hybridized carbons (Fsp3) is 0.103. The van der Waals surface area contributed by atoms with Crippen LogP contribution in [-0.2, 0) is 21.2 Å². The Labute approximate surface area is 236 Å². The first-order valence-corrected chi connectivity index (χ1v) is 13.9. The Balaban J connectivity index is 1.44. The smallest absolute Gasteiger partial charge is 0.263 e. The minimum absolute atomic E-state index is 0.0171. The van der Waals surface area contributed by atoms with Gasteiger partial charge in [0.1, 0.15) is 11.5 Å². The third-order valence-electron chi connectivity index (χ3n) is 5.93. The average Bonchev–Trinajstić information content (AvgIpc) is 2.97. The summed E-state index contributed by atoms with van der Waals surface area (Å²) in [5.41, 5.74) is 2.67. The maximum absolute atomic E-state index is 13.5. The number of methoxy groups -OCH3 is 2. The summed E-state index contributed by atoms with van der Waals surface area (Å²) in [6.45, 7) is 0. The first-order chi connectivity index (χ1) is 19.8. The number of carbonyl (C=O) groups is 1. The van der Waals surface area contributed by atoms with Gasteiger partial charge in [0.2, 0.25) is 5.91 Å². The van der Waals surface area contributed by atoms with E-state index >= 15 is 0 Å². The molecule has 5 rings (SSSR count). The van der Waals surface area contributed by atoms with Crippen molar-refractivity contribution >= 4 is 50.0 Å². The van der Waals surface area contributed by atoms with E-state index in [0.717, 1.165) is 5.56 Å². The Morgan fingerprint density at radius 1 is 0.805 bits per heavy atom. The van der Waals surface area contributed by atoms with Gasteiger partial charge in [-0.2, -0.15) is 0 Å². The van der Waals surface area contributed by atoms with Gasteiger partial charge in [-0.3, -0.25) is 14.5 Å². The quantitative estimate of drug-likeness (QED) is 0.216. The van der Waals surface area contributed by atoms with Crippen LogP contribution in [0.1, 0.15) is 5.56 Å². The summed E-state index contributed by atoms with van der Waals surface area (Å²) in [6.07, 6.45) is 3.32. The lowest BCUT2D eigenvalue weighted by molar-refractivity contribution is -0.115. The summed E-state index contributed by atoms with van der Waals surface area (Å²) in [5.74, 6) is 0.913. The predicted octanol–water partition coefficient (Wildman–Crippen LogP) is 4.77. The molecule has 1 amide bonds. The highest BCUT2D eigenvalue weighted by molar-refractivity contribution is 7.92. The molecule has 0 radical (unpaired) electrons. The number of benzene rings is 3. The average molecular weight is 571 g/mol. The molecule has 12 heteroatoms. The van der Waals surface area contributed by atoms with Crippen LogP contribution >= 0.6 is 0 Å². The number of nitrogens with one attached hydrogen (secondary N) is 3. The molecule has 0 spiro atoms. The molecular weight excluding hydrogens is 544 g/mol.